The Kier molecular flexibility index (Phi) is 4.06. The maximum atomic E-state index is 13.0. The number of likely N-dealkylation sites (tertiary alicyclic amines) is 1. The van der Waals surface area contributed by atoms with Crippen molar-refractivity contribution in [1.29, 1.82) is 0 Å². The van der Waals surface area contributed by atoms with E-state index in [2.05, 4.69) is 5.10 Å². The molecule has 0 aromatic carbocycles. The van der Waals surface area contributed by atoms with Gasteiger partial charge in [-0.3, -0.25) is 9.48 Å². The Hall–Kier alpha value is -1.85. The van der Waals surface area contributed by atoms with Gasteiger partial charge in [0.1, 0.15) is 11.7 Å². The summed E-state index contributed by atoms with van der Waals surface area (Å²) in [6.45, 7) is 0. The van der Waals surface area contributed by atoms with Crippen LogP contribution in [0.3, 0.4) is 0 Å². The Bertz CT molecular complexity index is 635. The monoisotopic (exact) mass is 331 g/mol. The molecule has 0 spiro atoms. The molecule has 1 aromatic rings. The predicted molar refractivity (Wildman–Crippen MR) is 87.7 cm³/mol. The number of carboxylic acids is 1. The molecule has 0 radical (unpaired) electrons. The first-order chi connectivity index (χ1) is 11.6. The molecule has 1 amide bonds. The van der Waals surface area contributed by atoms with Crippen LogP contribution in [0.4, 0.5) is 0 Å². The summed E-state index contributed by atoms with van der Waals surface area (Å²) in [7, 11) is 0. The lowest BCUT2D eigenvalue weighted by Crippen LogP contribution is -2.46. The Morgan fingerprint density at radius 3 is 2.54 bits per heavy atom. The summed E-state index contributed by atoms with van der Waals surface area (Å²) in [6, 6.07) is 1.53. The second kappa shape index (κ2) is 6.22. The summed E-state index contributed by atoms with van der Waals surface area (Å²) in [5.74, 6) is -0.748. The first-order valence-corrected chi connectivity index (χ1v) is 9.26. The lowest BCUT2D eigenvalue weighted by molar-refractivity contribution is -0.141. The number of carbonyl (C=O) groups excluding carboxylic acids is 1. The molecule has 1 aliphatic heterocycles. The third-order valence-corrected chi connectivity index (χ3v) is 6.13. The summed E-state index contributed by atoms with van der Waals surface area (Å²) < 4.78 is 1.91. The van der Waals surface area contributed by atoms with Gasteiger partial charge in [0.2, 0.25) is 0 Å². The van der Waals surface area contributed by atoms with Gasteiger partial charge in [0, 0.05) is 12.2 Å². The normalized spacial score (nSPS) is 30.5. The molecule has 0 bridgehead atoms. The Balaban J connectivity index is 1.58. The first kappa shape index (κ1) is 15.7. The Morgan fingerprint density at radius 1 is 1.08 bits per heavy atom. The van der Waals surface area contributed by atoms with E-state index < -0.39 is 12.0 Å². The molecule has 2 heterocycles. The Morgan fingerprint density at radius 2 is 1.79 bits per heavy atom. The molecule has 1 saturated heterocycles. The quantitative estimate of drug-likeness (QED) is 0.924. The van der Waals surface area contributed by atoms with E-state index in [0.29, 0.717) is 24.1 Å². The van der Waals surface area contributed by atoms with Crippen LogP contribution in [0.15, 0.2) is 12.3 Å². The van der Waals surface area contributed by atoms with E-state index in [0.717, 1.165) is 38.5 Å². The largest absolute Gasteiger partial charge is 0.480 e. The molecule has 2 aliphatic carbocycles. The third-order valence-electron chi connectivity index (χ3n) is 6.13. The Labute approximate surface area is 141 Å². The van der Waals surface area contributed by atoms with Crippen molar-refractivity contribution in [3.63, 3.8) is 0 Å². The number of amides is 1. The number of aromatic nitrogens is 2. The van der Waals surface area contributed by atoms with E-state index in [9.17, 15) is 14.7 Å². The summed E-state index contributed by atoms with van der Waals surface area (Å²) in [6.07, 6.45) is 11.3. The maximum Gasteiger partial charge on any atom is 0.326 e. The van der Waals surface area contributed by atoms with Gasteiger partial charge in [-0.25, -0.2) is 4.79 Å². The molecular formula is C18H25N3O3. The smallest absolute Gasteiger partial charge is 0.326 e. The number of aliphatic carboxylic acids is 1. The predicted octanol–water partition coefficient (Wildman–Crippen LogP) is 2.86. The maximum absolute atomic E-state index is 13.0. The summed E-state index contributed by atoms with van der Waals surface area (Å²) in [5, 5.41) is 14.1. The van der Waals surface area contributed by atoms with Crippen LogP contribution in [0.5, 0.6) is 0 Å². The summed E-state index contributed by atoms with van der Waals surface area (Å²) in [5.41, 5.74) is 0.402. The minimum absolute atomic E-state index is 0.0731. The summed E-state index contributed by atoms with van der Waals surface area (Å²) in [4.78, 5) is 26.4. The van der Waals surface area contributed by atoms with Crippen molar-refractivity contribution in [2.45, 2.75) is 75.9 Å². The topological polar surface area (TPSA) is 75.4 Å². The first-order valence-electron chi connectivity index (χ1n) is 9.26. The van der Waals surface area contributed by atoms with E-state index in [4.69, 9.17) is 0 Å². The van der Waals surface area contributed by atoms with Crippen molar-refractivity contribution in [3.05, 3.63) is 18.0 Å². The molecule has 3 atom stereocenters. The molecule has 6 heteroatoms. The van der Waals surface area contributed by atoms with Crippen molar-refractivity contribution in [2.24, 2.45) is 5.92 Å². The van der Waals surface area contributed by atoms with Crippen molar-refractivity contribution in [3.8, 4) is 0 Å². The standard InChI is InChI=1S/C18H25N3O3/c22-17(14-9-10-20(19-14)13-6-2-3-7-13)21-15-8-4-1-5-12(15)11-16(21)18(23)24/h9-10,12-13,15-16H,1-8,11H2,(H,23,24). The second-order valence-electron chi connectivity index (χ2n) is 7.53. The highest BCUT2D eigenvalue weighted by Crippen LogP contribution is 2.40. The fourth-order valence-corrected chi connectivity index (χ4v) is 4.93. The molecule has 1 aromatic heterocycles. The SMILES string of the molecule is O=C(O)C1CC2CCCCC2N1C(=O)c1ccn(C2CCCC2)n1. The molecule has 2 saturated carbocycles. The molecule has 24 heavy (non-hydrogen) atoms. The average Bonchev–Trinajstić information content (AvgIpc) is 3.31. The number of hydrogen-bond donors (Lipinski definition) is 1. The number of hydrogen-bond acceptors (Lipinski definition) is 3. The van der Waals surface area contributed by atoms with Gasteiger partial charge < -0.3 is 10.0 Å². The van der Waals surface area contributed by atoms with Gasteiger partial charge in [0.15, 0.2) is 0 Å². The van der Waals surface area contributed by atoms with Crippen molar-refractivity contribution in [1.82, 2.24) is 14.7 Å². The van der Waals surface area contributed by atoms with Crippen molar-refractivity contribution in [2.75, 3.05) is 0 Å². The number of fused-ring (bicyclic) bond motifs is 1. The van der Waals surface area contributed by atoms with Gasteiger partial charge in [0.05, 0.1) is 6.04 Å². The van der Waals surface area contributed by atoms with Crippen molar-refractivity contribution >= 4 is 11.9 Å². The third kappa shape index (κ3) is 2.62. The highest BCUT2D eigenvalue weighted by atomic mass is 16.4. The van der Waals surface area contributed by atoms with Crippen LogP contribution in [0.25, 0.3) is 0 Å². The van der Waals surface area contributed by atoms with Gasteiger partial charge in [-0.2, -0.15) is 5.10 Å². The van der Waals surface area contributed by atoms with Crippen LogP contribution >= 0.6 is 0 Å². The fraction of sp³-hybridized carbons (Fsp3) is 0.722. The van der Waals surface area contributed by atoms with Gasteiger partial charge in [0.25, 0.3) is 5.91 Å². The van der Waals surface area contributed by atoms with Crippen LogP contribution in [0, 0.1) is 5.92 Å². The van der Waals surface area contributed by atoms with Crippen LogP contribution in [0.2, 0.25) is 0 Å². The highest BCUT2D eigenvalue weighted by molar-refractivity contribution is 5.95. The van der Waals surface area contributed by atoms with E-state index >= 15 is 0 Å². The van der Waals surface area contributed by atoms with Crippen LogP contribution in [-0.4, -0.2) is 43.7 Å². The van der Waals surface area contributed by atoms with E-state index in [1.54, 1.807) is 11.0 Å². The molecule has 4 rings (SSSR count). The molecule has 3 fully saturated rings. The van der Waals surface area contributed by atoms with Crippen LogP contribution in [-0.2, 0) is 4.79 Å². The van der Waals surface area contributed by atoms with E-state index in [-0.39, 0.29) is 11.9 Å². The van der Waals surface area contributed by atoms with Gasteiger partial charge in [-0.05, 0) is 44.1 Å². The molecule has 6 nitrogen and oxygen atoms in total. The molecule has 1 N–H and O–H groups in total. The second-order valence-corrected chi connectivity index (χ2v) is 7.53. The number of carbonyl (C=O) groups is 2. The lowest BCUT2D eigenvalue weighted by Gasteiger charge is -2.32. The van der Waals surface area contributed by atoms with Gasteiger partial charge >= 0.3 is 5.97 Å². The van der Waals surface area contributed by atoms with E-state index in [1.807, 2.05) is 10.9 Å². The van der Waals surface area contributed by atoms with Gasteiger partial charge in [-0.1, -0.05) is 25.7 Å². The molecule has 3 aliphatic rings. The minimum Gasteiger partial charge on any atom is -0.480 e. The molecule has 3 unspecified atom stereocenters. The highest BCUT2D eigenvalue weighted by Gasteiger charge is 2.48. The van der Waals surface area contributed by atoms with E-state index in [1.165, 1.54) is 12.8 Å². The van der Waals surface area contributed by atoms with Gasteiger partial charge in [-0.15, -0.1) is 0 Å². The zero-order valence-corrected chi connectivity index (χ0v) is 13.9. The molecular weight excluding hydrogens is 306 g/mol. The average molecular weight is 331 g/mol. The number of carboxylic acid groups (broad SMARTS) is 1. The number of nitrogens with zero attached hydrogens (tertiary/aromatic N) is 3. The number of rotatable bonds is 3. The zero-order chi connectivity index (χ0) is 16.7. The minimum atomic E-state index is -0.882. The summed E-state index contributed by atoms with van der Waals surface area (Å²) >= 11 is 0. The zero-order valence-electron chi connectivity index (χ0n) is 13.9. The van der Waals surface area contributed by atoms with Crippen LogP contribution < -0.4 is 0 Å². The lowest BCUT2D eigenvalue weighted by atomic mass is 9.84. The molecule has 130 valence electrons. The van der Waals surface area contributed by atoms with Crippen LogP contribution in [0.1, 0.15) is 74.3 Å². The van der Waals surface area contributed by atoms with Crippen molar-refractivity contribution < 1.29 is 14.7 Å². The fourth-order valence-electron chi connectivity index (χ4n) is 4.93.